The van der Waals surface area contributed by atoms with Crippen molar-refractivity contribution in [1.29, 1.82) is 0 Å². The molecule has 0 amide bonds. The van der Waals surface area contributed by atoms with Crippen molar-refractivity contribution in [3.05, 3.63) is 35.9 Å². The molecule has 2 heterocycles. The molecule has 7 nitrogen and oxygen atoms in total. The smallest absolute Gasteiger partial charge is 0.338 e. The quantitative estimate of drug-likeness (QED) is 0.823. The highest BCUT2D eigenvalue weighted by Gasteiger charge is 2.56. The van der Waals surface area contributed by atoms with Crippen LogP contribution in [0.5, 0.6) is 0 Å². The number of esters is 1. The fourth-order valence-electron chi connectivity index (χ4n) is 3.07. The molecule has 2 saturated heterocycles. The number of carbonyl (C=O) groups excluding carboxylic acids is 1. The molecule has 0 unspecified atom stereocenters. The van der Waals surface area contributed by atoms with Crippen molar-refractivity contribution in [2.75, 3.05) is 13.7 Å². The predicted octanol–water partition coefficient (Wildman–Crippen LogP) is 1.10. The second kappa shape index (κ2) is 6.78. The van der Waals surface area contributed by atoms with Gasteiger partial charge >= 0.3 is 5.97 Å². The number of hydrogen-bond acceptors (Lipinski definition) is 7. The van der Waals surface area contributed by atoms with E-state index in [2.05, 4.69) is 0 Å². The molecule has 3 rings (SSSR count). The number of aliphatic hydroxyl groups excluding tert-OH is 1. The number of hydrogen-bond donors (Lipinski definition) is 1. The molecule has 1 aromatic rings. The molecular weight excluding hydrogens is 316 g/mol. The van der Waals surface area contributed by atoms with Gasteiger partial charge in [0, 0.05) is 7.11 Å². The summed E-state index contributed by atoms with van der Waals surface area (Å²) in [6.45, 7) is 3.27. The summed E-state index contributed by atoms with van der Waals surface area (Å²) in [6, 6.07) is 8.65. The minimum absolute atomic E-state index is 0.250. The Morgan fingerprint density at radius 2 is 1.88 bits per heavy atom. The van der Waals surface area contributed by atoms with Crippen LogP contribution in [0.25, 0.3) is 0 Å². The van der Waals surface area contributed by atoms with E-state index in [-0.39, 0.29) is 6.61 Å². The Labute approximate surface area is 140 Å². The van der Waals surface area contributed by atoms with Crippen LogP contribution in [0.3, 0.4) is 0 Å². The summed E-state index contributed by atoms with van der Waals surface area (Å²) in [4.78, 5) is 12.4. The molecule has 132 valence electrons. The second-order valence-electron chi connectivity index (χ2n) is 6.26. The Bertz CT molecular complexity index is 574. The van der Waals surface area contributed by atoms with Gasteiger partial charge in [0.2, 0.25) is 0 Å². The van der Waals surface area contributed by atoms with Gasteiger partial charge in [0.15, 0.2) is 18.2 Å². The summed E-state index contributed by atoms with van der Waals surface area (Å²) in [5, 5.41) is 9.54. The van der Waals surface area contributed by atoms with Gasteiger partial charge in [-0.05, 0) is 26.0 Å². The van der Waals surface area contributed by atoms with Crippen molar-refractivity contribution >= 4 is 5.97 Å². The van der Waals surface area contributed by atoms with Gasteiger partial charge in [0.1, 0.15) is 18.3 Å². The van der Waals surface area contributed by atoms with E-state index >= 15 is 0 Å². The zero-order valence-corrected chi connectivity index (χ0v) is 13.9. The van der Waals surface area contributed by atoms with Crippen LogP contribution in [0, 0.1) is 0 Å². The topological polar surface area (TPSA) is 83.5 Å². The largest absolute Gasteiger partial charge is 0.450 e. The maximum absolute atomic E-state index is 12.4. The summed E-state index contributed by atoms with van der Waals surface area (Å²) in [5.41, 5.74) is 0.423. The molecule has 2 aliphatic rings. The third-order valence-corrected chi connectivity index (χ3v) is 4.10. The molecule has 0 spiro atoms. The van der Waals surface area contributed by atoms with Crippen LogP contribution >= 0.6 is 0 Å². The van der Waals surface area contributed by atoms with Crippen LogP contribution < -0.4 is 0 Å². The summed E-state index contributed by atoms with van der Waals surface area (Å²) >= 11 is 0. The minimum Gasteiger partial charge on any atom is -0.450 e. The lowest BCUT2D eigenvalue weighted by Gasteiger charge is -2.40. The summed E-state index contributed by atoms with van der Waals surface area (Å²) < 4.78 is 28.3. The molecule has 1 aromatic carbocycles. The monoisotopic (exact) mass is 338 g/mol. The van der Waals surface area contributed by atoms with Gasteiger partial charge in [0.05, 0.1) is 12.2 Å². The third-order valence-electron chi connectivity index (χ3n) is 4.10. The average Bonchev–Trinajstić information content (AvgIpc) is 2.91. The van der Waals surface area contributed by atoms with Gasteiger partial charge in [-0.3, -0.25) is 0 Å². The number of aliphatic hydroxyl groups is 1. The highest BCUT2D eigenvalue weighted by Crippen LogP contribution is 2.38. The molecule has 5 atom stereocenters. The Balaban J connectivity index is 1.83. The minimum atomic E-state index is -0.869. The Morgan fingerprint density at radius 1 is 1.21 bits per heavy atom. The fourth-order valence-corrected chi connectivity index (χ4v) is 3.07. The second-order valence-corrected chi connectivity index (χ2v) is 6.26. The molecule has 0 saturated carbocycles. The molecule has 0 radical (unpaired) electrons. The van der Waals surface area contributed by atoms with Gasteiger partial charge in [-0.25, -0.2) is 4.79 Å². The van der Waals surface area contributed by atoms with Crippen LogP contribution in [0.1, 0.15) is 24.2 Å². The molecule has 2 fully saturated rings. The van der Waals surface area contributed by atoms with Crippen LogP contribution in [-0.2, 0) is 23.7 Å². The lowest BCUT2D eigenvalue weighted by Crippen LogP contribution is -2.59. The molecular formula is C17H22O7. The standard InChI is InChI=1S/C17H22O7/c1-17(2)23-12-11(9-18)21-16(20-3)14(13(12)24-17)22-15(19)10-7-5-4-6-8-10/h4-8,11-14,16,18H,9H2,1-3H3/t11-,12+,13-,14-,16-/m1/s1. The van der Waals surface area contributed by atoms with Crippen molar-refractivity contribution < 1.29 is 33.6 Å². The van der Waals surface area contributed by atoms with Gasteiger partial charge < -0.3 is 28.8 Å². The van der Waals surface area contributed by atoms with E-state index in [9.17, 15) is 9.90 Å². The summed E-state index contributed by atoms with van der Waals surface area (Å²) in [6.07, 6.45) is -3.42. The van der Waals surface area contributed by atoms with Crippen molar-refractivity contribution in [3.63, 3.8) is 0 Å². The molecule has 0 aliphatic carbocycles. The zero-order valence-electron chi connectivity index (χ0n) is 13.9. The molecule has 7 heteroatoms. The first kappa shape index (κ1) is 17.3. The lowest BCUT2D eigenvalue weighted by atomic mass is 9.99. The maximum Gasteiger partial charge on any atom is 0.338 e. The van der Waals surface area contributed by atoms with E-state index < -0.39 is 42.5 Å². The van der Waals surface area contributed by atoms with E-state index in [1.165, 1.54) is 7.11 Å². The number of methoxy groups -OCH3 is 1. The SMILES string of the molecule is CO[C@@H]1O[C@H](CO)[C@@H]2OC(C)(C)O[C@H]2[C@H]1OC(=O)c1ccccc1. The fraction of sp³-hybridized carbons (Fsp3) is 0.588. The maximum atomic E-state index is 12.4. The molecule has 0 aromatic heterocycles. The van der Waals surface area contributed by atoms with E-state index in [0.717, 1.165) is 0 Å². The Kier molecular flexibility index (Phi) is 4.89. The normalized spacial score (nSPS) is 34.6. The first-order valence-electron chi connectivity index (χ1n) is 7.86. The van der Waals surface area contributed by atoms with Gasteiger partial charge in [0.25, 0.3) is 0 Å². The van der Waals surface area contributed by atoms with E-state index in [4.69, 9.17) is 23.7 Å². The third kappa shape index (κ3) is 3.31. The highest BCUT2D eigenvalue weighted by atomic mass is 16.8. The van der Waals surface area contributed by atoms with Crippen LogP contribution in [0.4, 0.5) is 0 Å². The predicted molar refractivity (Wildman–Crippen MR) is 82.2 cm³/mol. The Morgan fingerprint density at radius 3 is 2.50 bits per heavy atom. The number of rotatable bonds is 4. The summed E-state index contributed by atoms with van der Waals surface area (Å²) in [5.74, 6) is -1.37. The van der Waals surface area contributed by atoms with Gasteiger partial charge in [-0.1, -0.05) is 18.2 Å². The van der Waals surface area contributed by atoms with Crippen LogP contribution in [0.2, 0.25) is 0 Å². The average molecular weight is 338 g/mol. The van der Waals surface area contributed by atoms with E-state index in [1.54, 1.807) is 38.1 Å². The lowest BCUT2D eigenvalue weighted by molar-refractivity contribution is -0.273. The van der Waals surface area contributed by atoms with Crippen molar-refractivity contribution in [2.24, 2.45) is 0 Å². The molecule has 24 heavy (non-hydrogen) atoms. The zero-order chi connectivity index (χ0) is 17.3. The van der Waals surface area contributed by atoms with Crippen LogP contribution in [-0.4, -0.2) is 61.3 Å². The van der Waals surface area contributed by atoms with Crippen molar-refractivity contribution in [1.82, 2.24) is 0 Å². The highest BCUT2D eigenvalue weighted by molar-refractivity contribution is 5.89. The molecule has 0 bridgehead atoms. The van der Waals surface area contributed by atoms with E-state index in [1.807, 2.05) is 6.07 Å². The van der Waals surface area contributed by atoms with Crippen molar-refractivity contribution in [3.8, 4) is 0 Å². The van der Waals surface area contributed by atoms with Crippen LogP contribution in [0.15, 0.2) is 30.3 Å². The molecule has 1 N–H and O–H groups in total. The summed E-state index contributed by atoms with van der Waals surface area (Å²) in [7, 11) is 1.45. The van der Waals surface area contributed by atoms with Gasteiger partial charge in [-0.15, -0.1) is 0 Å². The number of carbonyl (C=O) groups is 1. The first-order valence-corrected chi connectivity index (χ1v) is 7.86. The van der Waals surface area contributed by atoms with Crippen molar-refractivity contribution in [2.45, 2.75) is 50.3 Å². The number of benzene rings is 1. The number of fused-ring (bicyclic) bond motifs is 1. The van der Waals surface area contributed by atoms with Gasteiger partial charge in [-0.2, -0.15) is 0 Å². The number of ether oxygens (including phenoxy) is 5. The van der Waals surface area contributed by atoms with E-state index in [0.29, 0.717) is 5.56 Å². The first-order chi connectivity index (χ1) is 11.4. The Hall–Kier alpha value is -1.51. The molecule has 2 aliphatic heterocycles.